The van der Waals surface area contributed by atoms with Gasteiger partial charge in [-0.2, -0.15) is 0 Å². The largest absolute Gasteiger partial charge is 0.412 e. The monoisotopic (exact) mass is 279 g/mol. The van der Waals surface area contributed by atoms with Crippen molar-refractivity contribution in [1.82, 2.24) is 9.97 Å². The molecule has 18 heavy (non-hydrogen) atoms. The number of hydrogen-bond acceptors (Lipinski definition) is 4. The summed E-state index contributed by atoms with van der Waals surface area (Å²) in [5.41, 5.74) is 4.85. The Bertz CT molecular complexity index is 533. The molecule has 1 radical (unpaired) electrons. The van der Waals surface area contributed by atoms with Gasteiger partial charge in [0, 0.05) is 0 Å². The van der Waals surface area contributed by atoms with Gasteiger partial charge in [-0.3, -0.25) is 0 Å². The summed E-state index contributed by atoms with van der Waals surface area (Å²) < 4.78 is 6.18. The molecule has 5 heteroatoms. The lowest BCUT2D eigenvalue weighted by Crippen LogP contribution is -2.26. The first-order chi connectivity index (χ1) is 8.38. The molecule has 2 rings (SSSR count). The first-order valence-electron chi connectivity index (χ1n) is 6.17. The zero-order chi connectivity index (χ0) is 13.3. The lowest BCUT2D eigenvalue weighted by atomic mass is 9.87. The van der Waals surface area contributed by atoms with Gasteiger partial charge in [-0.15, -0.1) is 0 Å². The minimum atomic E-state index is -1.11. The summed E-state index contributed by atoms with van der Waals surface area (Å²) in [4.78, 5) is 9.76. The molecule has 0 aliphatic carbocycles. The van der Waals surface area contributed by atoms with Gasteiger partial charge in [-0.05, 0) is 30.6 Å². The van der Waals surface area contributed by atoms with E-state index in [1.165, 1.54) is 11.3 Å². The molecule has 1 atom stereocenters. The molecule has 0 bridgehead atoms. The van der Waals surface area contributed by atoms with E-state index in [1.54, 1.807) is 0 Å². The number of nitrogens with zero attached hydrogens (tertiary/aromatic N) is 2. The average molecular weight is 279 g/mol. The van der Waals surface area contributed by atoms with E-state index in [0.29, 0.717) is 0 Å². The Balaban J connectivity index is 2.40. The fraction of sp³-hybridized carbons (Fsp3) is 0.538. The molecule has 0 aliphatic heterocycles. The van der Waals surface area contributed by atoms with E-state index in [-0.39, 0.29) is 11.5 Å². The summed E-state index contributed by atoms with van der Waals surface area (Å²) in [7, 11) is -1.11. The quantitative estimate of drug-likeness (QED) is 0.806. The predicted molar refractivity (Wildman–Crippen MR) is 78.4 cm³/mol. The Kier molecular flexibility index (Phi) is 3.84. The molecule has 0 saturated heterocycles. The van der Waals surface area contributed by atoms with Crippen LogP contribution in [-0.2, 0) is 4.43 Å². The standard InChI is InChI=1S/C13H19N2OSSi/c1-13(2,3)11(16-18(4)5)9-6-7-10-12(15-9)17-8-14-10/h6-7,11,18H,1-5H3. The average Bonchev–Trinajstić information content (AvgIpc) is 2.70. The summed E-state index contributed by atoms with van der Waals surface area (Å²) in [6, 6.07) is 4.04. The summed E-state index contributed by atoms with van der Waals surface area (Å²) in [6.45, 7) is 11.0. The summed E-state index contributed by atoms with van der Waals surface area (Å²) in [5, 5.41) is 0. The molecule has 2 heterocycles. The van der Waals surface area contributed by atoms with E-state index in [0.717, 1.165) is 16.0 Å². The highest BCUT2D eigenvalue weighted by Gasteiger charge is 2.29. The van der Waals surface area contributed by atoms with Crippen LogP contribution in [0.2, 0.25) is 13.1 Å². The molecule has 0 fully saturated rings. The normalized spacial score (nSPS) is 14.3. The SMILES string of the molecule is C[SiH](C)OC(c1ccc2n[c]sc2n1)C(C)(C)C. The molecule has 0 saturated carbocycles. The van der Waals surface area contributed by atoms with Gasteiger partial charge in [0.25, 0.3) is 0 Å². The summed E-state index contributed by atoms with van der Waals surface area (Å²) in [6.07, 6.45) is 0.0515. The van der Waals surface area contributed by atoms with Crippen molar-refractivity contribution in [2.24, 2.45) is 5.41 Å². The van der Waals surface area contributed by atoms with Crippen LogP contribution >= 0.6 is 11.3 Å². The van der Waals surface area contributed by atoms with Crippen LogP contribution in [0.4, 0.5) is 0 Å². The second-order valence-corrected chi connectivity index (χ2v) is 8.94. The van der Waals surface area contributed by atoms with Crippen LogP contribution in [0.5, 0.6) is 0 Å². The fourth-order valence-electron chi connectivity index (χ4n) is 1.86. The van der Waals surface area contributed by atoms with Crippen LogP contribution in [0.15, 0.2) is 12.1 Å². The third-order valence-corrected chi connectivity index (χ3v) is 4.13. The summed E-state index contributed by atoms with van der Waals surface area (Å²) in [5.74, 6) is 0. The van der Waals surface area contributed by atoms with Crippen LogP contribution < -0.4 is 0 Å². The van der Waals surface area contributed by atoms with Crippen molar-refractivity contribution >= 4 is 30.7 Å². The van der Waals surface area contributed by atoms with Crippen molar-refractivity contribution < 1.29 is 4.43 Å². The lowest BCUT2D eigenvalue weighted by molar-refractivity contribution is 0.0830. The van der Waals surface area contributed by atoms with Crippen LogP contribution in [0.25, 0.3) is 10.3 Å². The van der Waals surface area contributed by atoms with Gasteiger partial charge in [-0.25, -0.2) is 9.97 Å². The van der Waals surface area contributed by atoms with Gasteiger partial charge >= 0.3 is 0 Å². The van der Waals surface area contributed by atoms with Crippen molar-refractivity contribution in [3.63, 3.8) is 0 Å². The van der Waals surface area contributed by atoms with Crippen LogP contribution in [0.3, 0.4) is 0 Å². The maximum Gasteiger partial charge on any atom is 0.171 e. The van der Waals surface area contributed by atoms with E-state index in [1.807, 2.05) is 12.1 Å². The molecule has 0 aromatic carbocycles. The van der Waals surface area contributed by atoms with Gasteiger partial charge in [-0.1, -0.05) is 32.1 Å². The van der Waals surface area contributed by atoms with Crippen molar-refractivity contribution in [3.8, 4) is 0 Å². The maximum absolute atomic E-state index is 6.18. The minimum Gasteiger partial charge on any atom is -0.412 e. The van der Waals surface area contributed by atoms with Gasteiger partial charge in [0.2, 0.25) is 0 Å². The van der Waals surface area contributed by atoms with Crippen molar-refractivity contribution in [3.05, 3.63) is 23.3 Å². The van der Waals surface area contributed by atoms with Crippen molar-refractivity contribution in [1.29, 1.82) is 0 Å². The van der Waals surface area contributed by atoms with E-state index in [4.69, 9.17) is 4.43 Å². The second-order valence-electron chi connectivity index (χ2n) is 5.80. The molecule has 0 spiro atoms. The molecule has 0 N–H and O–H groups in total. The smallest absolute Gasteiger partial charge is 0.171 e. The Morgan fingerprint density at radius 2 is 2.06 bits per heavy atom. The number of pyridine rings is 1. The third kappa shape index (κ3) is 2.96. The first kappa shape index (κ1) is 13.6. The van der Waals surface area contributed by atoms with E-state index < -0.39 is 9.04 Å². The van der Waals surface area contributed by atoms with Crippen molar-refractivity contribution in [2.75, 3.05) is 0 Å². The molecule has 2 aromatic rings. The number of aromatic nitrogens is 2. The number of fused-ring (bicyclic) bond motifs is 1. The van der Waals surface area contributed by atoms with Gasteiger partial charge < -0.3 is 4.43 Å². The van der Waals surface area contributed by atoms with E-state index in [9.17, 15) is 0 Å². The molecule has 2 aromatic heterocycles. The topological polar surface area (TPSA) is 35.0 Å². The number of rotatable bonds is 3. The molecular weight excluding hydrogens is 260 g/mol. The van der Waals surface area contributed by atoms with Crippen LogP contribution in [0, 0.1) is 10.9 Å². The lowest BCUT2D eigenvalue weighted by Gasteiger charge is -2.32. The Morgan fingerprint density at radius 1 is 1.33 bits per heavy atom. The first-order valence-corrected chi connectivity index (χ1v) is 9.76. The number of hydrogen-bond donors (Lipinski definition) is 0. The van der Waals surface area contributed by atoms with Crippen LogP contribution in [-0.4, -0.2) is 19.0 Å². The Labute approximate surface area is 114 Å². The molecule has 97 valence electrons. The van der Waals surface area contributed by atoms with Crippen LogP contribution in [0.1, 0.15) is 32.6 Å². The molecular formula is C13H19N2OSSi. The predicted octanol–water partition coefficient (Wildman–Crippen LogP) is 3.58. The Hall–Kier alpha value is -0.783. The van der Waals surface area contributed by atoms with E-state index in [2.05, 4.69) is 49.3 Å². The zero-order valence-corrected chi connectivity index (χ0v) is 13.5. The molecule has 0 amide bonds. The maximum atomic E-state index is 6.18. The number of thiazole rings is 1. The van der Waals surface area contributed by atoms with Gasteiger partial charge in [0.15, 0.2) is 14.6 Å². The Morgan fingerprint density at radius 3 is 2.67 bits per heavy atom. The van der Waals surface area contributed by atoms with Gasteiger partial charge in [0.05, 0.1) is 11.8 Å². The zero-order valence-electron chi connectivity index (χ0n) is 11.5. The van der Waals surface area contributed by atoms with Gasteiger partial charge in [0.1, 0.15) is 10.3 Å². The van der Waals surface area contributed by atoms with E-state index >= 15 is 0 Å². The third-order valence-electron chi connectivity index (χ3n) is 2.63. The minimum absolute atomic E-state index is 0.0480. The highest BCUT2D eigenvalue weighted by Crippen LogP contribution is 2.36. The molecule has 1 unspecified atom stereocenters. The highest BCUT2D eigenvalue weighted by molar-refractivity contribution is 7.15. The fourth-order valence-corrected chi connectivity index (χ4v) is 3.55. The van der Waals surface area contributed by atoms with Crippen molar-refractivity contribution in [2.45, 2.75) is 40.0 Å². The highest BCUT2D eigenvalue weighted by atomic mass is 32.1. The molecule has 3 nitrogen and oxygen atoms in total. The molecule has 0 aliphatic rings. The summed E-state index contributed by atoms with van der Waals surface area (Å²) >= 11 is 1.46. The second kappa shape index (κ2) is 5.07.